The van der Waals surface area contributed by atoms with Crippen molar-refractivity contribution in [2.45, 2.75) is 25.9 Å². The van der Waals surface area contributed by atoms with Gasteiger partial charge in [-0.25, -0.2) is 0 Å². The Bertz CT molecular complexity index is 388. The number of nitrogens with one attached hydrogen (secondary N) is 1. The molecule has 4 nitrogen and oxygen atoms in total. The molecule has 0 aromatic heterocycles. The van der Waals surface area contributed by atoms with Gasteiger partial charge in [0.2, 0.25) is 5.91 Å². The Kier molecular flexibility index (Phi) is 4.52. The molecule has 0 fully saturated rings. The van der Waals surface area contributed by atoms with Crippen molar-refractivity contribution >= 4 is 5.91 Å². The van der Waals surface area contributed by atoms with Gasteiger partial charge in [-0.15, -0.1) is 0 Å². The summed E-state index contributed by atoms with van der Waals surface area (Å²) in [6.45, 7) is 4.27. The first kappa shape index (κ1) is 13.5. The molecule has 0 unspecified atom stereocenters. The van der Waals surface area contributed by atoms with Crippen LogP contribution in [-0.2, 0) is 16.0 Å². The Balaban J connectivity index is 2.45. The molecule has 94 valence electrons. The van der Waals surface area contributed by atoms with Gasteiger partial charge >= 0.3 is 0 Å². The Morgan fingerprint density at radius 3 is 2.76 bits per heavy atom. The first-order valence-corrected chi connectivity index (χ1v) is 5.53. The summed E-state index contributed by atoms with van der Waals surface area (Å²) in [5.74, 6) is 0.0910. The highest BCUT2D eigenvalue weighted by atomic mass is 16.5. The largest absolute Gasteiger partial charge is 0.508 e. The van der Waals surface area contributed by atoms with Crippen LogP contribution in [0.4, 0.5) is 0 Å². The minimum Gasteiger partial charge on any atom is -0.508 e. The third-order valence-corrected chi connectivity index (χ3v) is 2.54. The fraction of sp³-hybridized carbons (Fsp3) is 0.462. The summed E-state index contributed by atoms with van der Waals surface area (Å²) < 4.78 is 5.20. The van der Waals surface area contributed by atoms with E-state index in [1.807, 2.05) is 13.8 Å². The summed E-state index contributed by atoms with van der Waals surface area (Å²) in [4.78, 5) is 11.6. The van der Waals surface area contributed by atoms with Crippen LogP contribution in [0.15, 0.2) is 24.3 Å². The average molecular weight is 237 g/mol. The van der Waals surface area contributed by atoms with E-state index in [2.05, 4.69) is 5.32 Å². The maximum Gasteiger partial charge on any atom is 0.224 e. The smallest absolute Gasteiger partial charge is 0.224 e. The van der Waals surface area contributed by atoms with Gasteiger partial charge in [-0.05, 0) is 31.5 Å². The van der Waals surface area contributed by atoms with E-state index in [1.54, 1.807) is 31.4 Å². The van der Waals surface area contributed by atoms with E-state index < -0.39 is 0 Å². The number of carbonyl (C=O) groups excluding carboxylic acids is 1. The highest BCUT2D eigenvalue weighted by Gasteiger charge is 2.17. The topological polar surface area (TPSA) is 58.6 Å². The molecule has 1 aromatic rings. The second kappa shape index (κ2) is 5.68. The number of ether oxygens (including phenoxy) is 1. The van der Waals surface area contributed by atoms with E-state index in [-0.39, 0.29) is 23.7 Å². The molecule has 0 atom stereocenters. The number of hydrogen-bond acceptors (Lipinski definition) is 3. The summed E-state index contributed by atoms with van der Waals surface area (Å²) in [5.41, 5.74) is 0.423. The van der Waals surface area contributed by atoms with Crippen LogP contribution < -0.4 is 5.32 Å². The molecule has 0 aliphatic carbocycles. The monoisotopic (exact) mass is 237 g/mol. The highest BCUT2D eigenvalue weighted by Crippen LogP contribution is 2.11. The Morgan fingerprint density at radius 2 is 2.18 bits per heavy atom. The summed E-state index contributed by atoms with van der Waals surface area (Å²) in [6.07, 6.45) is 0.258. The van der Waals surface area contributed by atoms with Crippen molar-refractivity contribution in [1.29, 1.82) is 0 Å². The van der Waals surface area contributed by atoms with Crippen molar-refractivity contribution in [1.82, 2.24) is 5.32 Å². The molecule has 0 bridgehead atoms. The SMILES string of the molecule is COC(C)(C)CNC(=O)Cc1cccc(O)c1. The number of phenolic OH excluding ortho intramolecular Hbond substituents is 1. The van der Waals surface area contributed by atoms with Crippen molar-refractivity contribution in [3.05, 3.63) is 29.8 Å². The first-order valence-electron chi connectivity index (χ1n) is 5.53. The quantitative estimate of drug-likeness (QED) is 0.815. The molecule has 0 heterocycles. The molecular formula is C13H19NO3. The van der Waals surface area contributed by atoms with E-state index in [0.717, 1.165) is 5.56 Å². The Morgan fingerprint density at radius 1 is 1.47 bits per heavy atom. The van der Waals surface area contributed by atoms with E-state index in [4.69, 9.17) is 4.74 Å². The first-order chi connectivity index (χ1) is 7.93. The maximum absolute atomic E-state index is 11.6. The van der Waals surface area contributed by atoms with Crippen LogP contribution in [0.5, 0.6) is 5.75 Å². The standard InChI is InChI=1S/C13H19NO3/c1-13(2,17-3)9-14-12(16)8-10-5-4-6-11(15)7-10/h4-7,15H,8-9H2,1-3H3,(H,14,16). The van der Waals surface area contributed by atoms with Gasteiger partial charge in [-0.1, -0.05) is 12.1 Å². The highest BCUT2D eigenvalue weighted by molar-refractivity contribution is 5.78. The molecule has 0 saturated heterocycles. The molecule has 0 spiro atoms. The van der Waals surface area contributed by atoms with Crippen LogP contribution in [0.3, 0.4) is 0 Å². The predicted molar refractivity (Wildman–Crippen MR) is 65.9 cm³/mol. The molecule has 0 radical (unpaired) electrons. The average Bonchev–Trinajstić information content (AvgIpc) is 2.27. The zero-order valence-corrected chi connectivity index (χ0v) is 10.5. The lowest BCUT2D eigenvalue weighted by atomic mass is 10.1. The molecule has 0 aliphatic heterocycles. The van der Waals surface area contributed by atoms with Crippen LogP contribution in [0.1, 0.15) is 19.4 Å². The fourth-order valence-electron chi connectivity index (χ4n) is 1.30. The van der Waals surface area contributed by atoms with E-state index in [0.29, 0.717) is 6.54 Å². The van der Waals surface area contributed by atoms with Gasteiger partial charge in [-0.3, -0.25) is 4.79 Å². The molecule has 2 N–H and O–H groups in total. The van der Waals surface area contributed by atoms with Crippen LogP contribution in [-0.4, -0.2) is 30.3 Å². The molecule has 1 rings (SSSR count). The normalized spacial score (nSPS) is 11.2. The second-order valence-electron chi connectivity index (χ2n) is 4.59. The number of methoxy groups -OCH3 is 1. The molecule has 4 heteroatoms. The van der Waals surface area contributed by atoms with Gasteiger partial charge in [0, 0.05) is 13.7 Å². The predicted octanol–water partition coefficient (Wildman–Crippen LogP) is 1.48. The molecular weight excluding hydrogens is 218 g/mol. The third kappa shape index (κ3) is 4.87. The molecule has 1 amide bonds. The molecule has 0 aliphatic rings. The second-order valence-corrected chi connectivity index (χ2v) is 4.59. The van der Waals surface area contributed by atoms with Gasteiger partial charge in [0.15, 0.2) is 0 Å². The lowest BCUT2D eigenvalue weighted by molar-refractivity contribution is -0.121. The number of hydrogen-bond donors (Lipinski definition) is 2. The Hall–Kier alpha value is -1.55. The number of carbonyl (C=O) groups is 1. The van der Waals surface area contributed by atoms with Crippen molar-refractivity contribution in [3.8, 4) is 5.75 Å². The van der Waals surface area contributed by atoms with Gasteiger partial charge in [-0.2, -0.15) is 0 Å². The van der Waals surface area contributed by atoms with Gasteiger partial charge in [0.05, 0.1) is 12.0 Å². The Labute approximate surface area is 102 Å². The van der Waals surface area contributed by atoms with Gasteiger partial charge in [0.1, 0.15) is 5.75 Å². The van der Waals surface area contributed by atoms with Gasteiger partial charge in [0.25, 0.3) is 0 Å². The summed E-state index contributed by atoms with van der Waals surface area (Å²) in [6, 6.07) is 6.69. The van der Waals surface area contributed by atoms with Crippen LogP contribution >= 0.6 is 0 Å². The number of rotatable bonds is 5. The van der Waals surface area contributed by atoms with Crippen LogP contribution in [0, 0.1) is 0 Å². The number of benzene rings is 1. The number of phenols is 1. The minimum absolute atomic E-state index is 0.0827. The zero-order chi connectivity index (χ0) is 12.9. The zero-order valence-electron chi connectivity index (χ0n) is 10.5. The third-order valence-electron chi connectivity index (χ3n) is 2.54. The lowest BCUT2D eigenvalue weighted by Crippen LogP contribution is -2.40. The molecule has 17 heavy (non-hydrogen) atoms. The molecule has 0 saturated carbocycles. The minimum atomic E-state index is -0.367. The molecule has 1 aromatic carbocycles. The summed E-state index contributed by atoms with van der Waals surface area (Å²) in [5, 5.41) is 12.1. The van der Waals surface area contributed by atoms with Crippen LogP contribution in [0.2, 0.25) is 0 Å². The van der Waals surface area contributed by atoms with Crippen molar-refractivity contribution in [2.75, 3.05) is 13.7 Å². The van der Waals surface area contributed by atoms with Crippen LogP contribution in [0.25, 0.3) is 0 Å². The lowest BCUT2D eigenvalue weighted by Gasteiger charge is -2.23. The summed E-state index contributed by atoms with van der Waals surface area (Å²) in [7, 11) is 1.61. The van der Waals surface area contributed by atoms with Crippen molar-refractivity contribution in [3.63, 3.8) is 0 Å². The van der Waals surface area contributed by atoms with E-state index in [9.17, 15) is 9.90 Å². The van der Waals surface area contributed by atoms with E-state index in [1.165, 1.54) is 0 Å². The van der Waals surface area contributed by atoms with E-state index >= 15 is 0 Å². The van der Waals surface area contributed by atoms with Crippen molar-refractivity contribution in [2.24, 2.45) is 0 Å². The van der Waals surface area contributed by atoms with Crippen molar-refractivity contribution < 1.29 is 14.6 Å². The number of aromatic hydroxyl groups is 1. The number of amides is 1. The van der Waals surface area contributed by atoms with Gasteiger partial charge < -0.3 is 15.2 Å². The maximum atomic E-state index is 11.6. The summed E-state index contributed by atoms with van der Waals surface area (Å²) >= 11 is 0. The fourth-order valence-corrected chi connectivity index (χ4v) is 1.30.